The smallest absolute Gasteiger partial charge is 0.314 e. The molecule has 0 aromatic heterocycles. The normalized spacial score (nSPS) is 26.2. The Kier molecular flexibility index (Phi) is 6.37. The average molecular weight is 277 g/mol. The third kappa shape index (κ3) is 5.17. The Labute approximate surface area is 114 Å². The van der Waals surface area contributed by atoms with Gasteiger partial charge in [0, 0.05) is 6.04 Å². The van der Waals surface area contributed by atoms with Crippen molar-refractivity contribution in [2.75, 3.05) is 6.54 Å². The molecule has 1 N–H and O–H groups in total. The van der Waals surface area contributed by atoms with Crippen molar-refractivity contribution in [3.8, 4) is 0 Å². The van der Waals surface area contributed by atoms with Crippen LogP contribution in [0.4, 0.5) is 13.2 Å². The van der Waals surface area contributed by atoms with Crippen LogP contribution in [0.3, 0.4) is 0 Å². The zero-order chi connectivity index (χ0) is 14.5. The molecule has 19 heavy (non-hydrogen) atoms. The zero-order valence-electron chi connectivity index (χ0n) is 12.0. The molecule has 1 aliphatic carbocycles. The van der Waals surface area contributed by atoms with Crippen LogP contribution in [-0.2, 0) is 0 Å². The van der Waals surface area contributed by atoms with Crippen molar-refractivity contribution in [2.24, 2.45) is 11.8 Å². The Balaban J connectivity index is 2.52. The van der Waals surface area contributed by atoms with Gasteiger partial charge in [-0.3, -0.25) is 0 Å². The van der Waals surface area contributed by atoms with Gasteiger partial charge in [0.25, 0.3) is 0 Å². The van der Waals surface area contributed by atoms with Crippen LogP contribution in [-0.4, -0.2) is 18.8 Å². The minimum atomic E-state index is -4.01. The van der Waals surface area contributed by atoms with Crippen LogP contribution in [0.5, 0.6) is 0 Å². The van der Waals surface area contributed by atoms with Crippen LogP contribution in [0.15, 0.2) is 12.2 Å². The fourth-order valence-electron chi connectivity index (χ4n) is 2.97. The van der Waals surface area contributed by atoms with Crippen molar-refractivity contribution in [3.63, 3.8) is 0 Å². The van der Waals surface area contributed by atoms with E-state index < -0.39 is 12.1 Å². The number of nitrogens with one attached hydrogen (secondary N) is 1. The van der Waals surface area contributed by atoms with E-state index in [4.69, 9.17) is 0 Å². The molecule has 1 aliphatic rings. The van der Waals surface area contributed by atoms with Crippen molar-refractivity contribution < 1.29 is 13.2 Å². The van der Waals surface area contributed by atoms with E-state index in [0.717, 1.165) is 19.4 Å². The predicted molar refractivity (Wildman–Crippen MR) is 73.0 cm³/mol. The molecule has 1 saturated carbocycles. The van der Waals surface area contributed by atoms with E-state index in [-0.39, 0.29) is 12.8 Å². The number of alkyl halides is 3. The Hall–Kier alpha value is -0.510. The molecule has 1 fully saturated rings. The van der Waals surface area contributed by atoms with Gasteiger partial charge in [0.15, 0.2) is 0 Å². The topological polar surface area (TPSA) is 12.0 Å². The highest BCUT2D eigenvalue weighted by atomic mass is 19.4. The number of halogens is 3. The molecule has 0 heterocycles. The molecule has 0 amide bonds. The molecular formula is C15H26F3N. The lowest BCUT2D eigenvalue weighted by atomic mass is 9.76. The van der Waals surface area contributed by atoms with Gasteiger partial charge in [-0.25, -0.2) is 0 Å². The third-order valence-corrected chi connectivity index (χ3v) is 4.28. The number of hydrogen-bond acceptors (Lipinski definition) is 1. The number of hydrogen-bond donors (Lipinski definition) is 1. The summed E-state index contributed by atoms with van der Waals surface area (Å²) >= 11 is 0. The first-order chi connectivity index (χ1) is 8.88. The monoisotopic (exact) mass is 277 g/mol. The molecule has 0 spiro atoms. The summed E-state index contributed by atoms with van der Waals surface area (Å²) in [6.45, 7) is 9.01. The lowest BCUT2D eigenvalue weighted by molar-refractivity contribution is -0.184. The molecule has 1 unspecified atom stereocenters. The molecule has 4 heteroatoms. The van der Waals surface area contributed by atoms with Crippen molar-refractivity contribution in [1.29, 1.82) is 0 Å². The van der Waals surface area contributed by atoms with E-state index in [0.29, 0.717) is 24.8 Å². The second-order valence-corrected chi connectivity index (χ2v) is 5.63. The Morgan fingerprint density at radius 2 is 1.79 bits per heavy atom. The Bertz CT molecular complexity index is 278. The molecule has 0 radical (unpaired) electrons. The highest BCUT2D eigenvalue weighted by Crippen LogP contribution is 2.41. The van der Waals surface area contributed by atoms with Crippen molar-refractivity contribution >= 4 is 0 Å². The Morgan fingerprint density at radius 1 is 1.21 bits per heavy atom. The van der Waals surface area contributed by atoms with Gasteiger partial charge < -0.3 is 5.32 Å². The predicted octanol–water partition coefficient (Wildman–Crippen LogP) is 4.69. The van der Waals surface area contributed by atoms with Gasteiger partial charge in [0.2, 0.25) is 0 Å². The van der Waals surface area contributed by atoms with Crippen LogP contribution in [0.1, 0.15) is 52.4 Å². The molecular weight excluding hydrogens is 251 g/mol. The molecule has 1 rings (SSSR count). The average Bonchev–Trinajstić information content (AvgIpc) is 2.37. The van der Waals surface area contributed by atoms with E-state index in [1.54, 1.807) is 0 Å². The molecule has 0 aromatic carbocycles. The molecule has 0 aliphatic heterocycles. The van der Waals surface area contributed by atoms with Gasteiger partial charge in [-0.2, -0.15) is 13.2 Å². The van der Waals surface area contributed by atoms with Gasteiger partial charge in [-0.15, -0.1) is 0 Å². The lowest BCUT2D eigenvalue weighted by Gasteiger charge is -2.35. The summed E-state index contributed by atoms with van der Waals surface area (Å²) in [5.74, 6) is -0.720. The largest absolute Gasteiger partial charge is 0.391 e. The second-order valence-electron chi connectivity index (χ2n) is 5.63. The van der Waals surface area contributed by atoms with Crippen molar-refractivity contribution in [1.82, 2.24) is 5.32 Å². The van der Waals surface area contributed by atoms with Crippen LogP contribution in [0.2, 0.25) is 0 Å². The van der Waals surface area contributed by atoms with E-state index in [1.807, 2.05) is 6.92 Å². The SMILES string of the molecule is C=C(CC)CC(NCC)C1CCC(C(F)(F)F)CC1. The summed E-state index contributed by atoms with van der Waals surface area (Å²) in [6, 6.07) is 0.298. The summed E-state index contributed by atoms with van der Waals surface area (Å²) < 4.78 is 38.0. The van der Waals surface area contributed by atoms with Gasteiger partial charge in [0.05, 0.1) is 5.92 Å². The maximum absolute atomic E-state index is 12.7. The summed E-state index contributed by atoms with van der Waals surface area (Å²) in [7, 11) is 0. The second kappa shape index (κ2) is 7.32. The van der Waals surface area contributed by atoms with Crippen LogP contribution in [0.25, 0.3) is 0 Å². The molecule has 0 bridgehead atoms. The van der Waals surface area contributed by atoms with Crippen LogP contribution < -0.4 is 5.32 Å². The molecule has 1 atom stereocenters. The Morgan fingerprint density at radius 3 is 2.21 bits per heavy atom. The lowest BCUT2D eigenvalue weighted by Crippen LogP contribution is -2.40. The van der Waals surface area contributed by atoms with E-state index in [9.17, 15) is 13.2 Å². The fourth-order valence-corrected chi connectivity index (χ4v) is 2.97. The number of rotatable bonds is 6. The van der Waals surface area contributed by atoms with Gasteiger partial charge in [0.1, 0.15) is 0 Å². The zero-order valence-corrected chi connectivity index (χ0v) is 12.0. The highest BCUT2D eigenvalue weighted by Gasteiger charge is 2.42. The van der Waals surface area contributed by atoms with Crippen molar-refractivity contribution in [2.45, 2.75) is 64.6 Å². The van der Waals surface area contributed by atoms with Crippen molar-refractivity contribution in [3.05, 3.63) is 12.2 Å². The van der Waals surface area contributed by atoms with E-state index in [2.05, 4.69) is 18.8 Å². The van der Waals surface area contributed by atoms with E-state index in [1.165, 1.54) is 5.57 Å². The quantitative estimate of drug-likeness (QED) is 0.694. The highest BCUT2D eigenvalue weighted by molar-refractivity contribution is 4.99. The molecule has 0 aromatic rings. The maximum atomic E-state index is 12.7. The maximum Gasteiger partial charge on any atom is 0.391 e. The fraction of sp³-hybridized carbons (Fsp3) is 0.867. The molecule has 0 saturated heterocycles. The molecule has 1 nitrogen and oxygen atoms in total. The first-order valence-corrected chi connectivity index (χ1v) is 7.35. The van der Waals surface area contributed by atoms with Crippen LogP contribution >= 0.6 is 0 Å². The first kappa shape index (κ1) is 16.5. The summed E-state index contributed by atoms with van der Waals surface area (Å²) in [5, 5.41) is 3.43. The minimum absolute atomic E-state index is 0.286. The van der Waals surface area contributed by atoms with Crippen LogP contribution in [0, 0.1) is 11.8 Å². The minimum Gasteiger partial charge on any atom is -0.314 e. The summed E-state index contributed by atoms with van der Waals surface area (Å²) in [5.41, 5.74) is 1.18. The van der Waals surface area contributed by atoms with Gasteiger partial charge >= 0.3 is 6.18 Å². The standard InChI is InChI=1S/C15H26F3N/c1-4-11(3)10-14(19-5-2)12-6-8-13(9-7-12)15(16,17)18/h12-14,19H,3-10H2,1-2H3. The molecule has 112 valence electrons. The van der Waals surface area contributed by atoms with E-state index >= 15 is 0 Å². The third-order valence-electron chi connectivity index (χ3n) is 4.28. The van der Waals surface area contributed by atoms with Gasteiger partial charge in [-0.05, 0) is 51.0 Å². The van der Waals surface area contributed by atoms with Gasteiger partial charge in [-0.1, -0.05) is 26.0 Å². The summed E-state index contributed by atoms with van der Waals surface area (Å²) in [6.07, 6.45) is -0.238. The first-order valence-electron chi connectivity index (χ1n) is 7.35. The summed E-state index contributed by atoms with van der Waals surface area (Å²) in [4.78, 5) is 0.